The van der Waals surface area contributed by atoms with Crippen LogP contribution in [-0.2, 0) is 11.3 Å². The Balaban J connectivity index is 1.28. The van der Waals surface area contributed by atoms with Gasteiger partial charge in [-0.05, 0) is 36.5 Å². The number of carbonyl (C=O) groups excluding carboxylic acids is 3. The van der Waals surface area contributed by atoms with Crippen molar-refractivity contribution in [2.24, 2.45) is 5.92 Å². The van der Waals surface area contributed by atoms with Crippen LogP contribution in [-0.4, -0.2) is 45.5 Å². The highest BCUT2D eigenvalue weighted by Gasteiger charge is 2.20. The summed E-state index contributed by atoms with van der Waals surface area (Å²) in [6.45, 7) is 0.823. The molecule has 0 spiro atoms. The summed E-state index contributed by atoms with van der Waals surface area (Å²) < 4.78 is 6.80. The average molecular weight is 463 g/mol. The van der Waals surface area contributed by atoms with E-state index in [1.54, 1.807) is 24.4 Å². The number of rotatable bonds is 6. The quantitative estimate of drug-likeness (QED) is 0.516. The molecule has 3 aromatic rings. The summed E-state index contributed by atoms with van der Waals surface area (Å²) in [5, 5.41) is 12.8. The van der Waals surface area contributed by atoms with Gasteiger partial charge >= 0.3 is 0 Å². The van der Waals surface area contributed by atoms with Crippen molar-refractivity contribution in [1.29, 1.82) is 0 Å². The third-order valence-electron chi connectivity index (χ3n) is 6.23. The molecule has 1 saturated carbocycles. The predicted molar refractivity (Wildman–Crippen MR) is 124 cm³/mol. The molecule has 5 rings (SSSR count). The van der Waals surface area contributed by atoms with Crippen LogP contribution in [0.2, 0.25) is 0 Å². The van der Waals surface area contributed by atoms with E-state index < -0.39 is 5.91 Å². The number of nitrogens with one attached hydrogen (secondary N) is 3. The lowest BCUT2D eigenvalue weighted by Gasteiger charge is -2.21. The molecule has 3 amide bonds. The third-order valence-corrected chi connectivity index (χ3v) is 6.23. The summed E-state index contributed by atoms with van der Waals surface area (Å²) in [6.07, 6.45) is 7.46. The van der Waals surface area contributed by atoms with E-state index in [1.165, 1.54) is 29.8 Å². The number of hydrogen-bond donors (Lipinski definition) is 3. The summed E-state index contributed by atoms with van der Waals surface area (Å²) in [5.41, 5.74) is 2.17. The fourth-order valence-corrected chi connectivity index (χ4v) is 4.42. The van der Waals surface area contributed by atoms with Gasteiger partial charge in [-0.3, -0.25) is 14.4 Å². The summed E-state index contributed by atoms with van der Waals surface area (Å²) >= 11 is 0. The molecule has 176 valence electrons. The van der Waals surface area contributed by atoms with Crippen molar-refractivity contribution < 1.29 is 19.1 Å². The Hall–Kier alpha value is -3.95. The van der Waals surface area contributed by atoms with Crippen LogP contribution in [0.5, 0.6) is 5.75 Å². The summed E-state index contributed by atoms with van der Waals surface area (Å²) in [7, 11) is 0. The van der Waals surface area contributed by atoms with Crippen LogP contribution in [0.15, 0.2) is 36.5 Å². The molecule has 1 fully saturated rings. The number of benzene rings is 1. The molecule has 10 nitrogen and oxygen atoms in total. The topological polar surface area (TPSA) is 127 Å². The maximum atomic E-state index is 12.9. The van der Waals surface area contributed by atoms with Crippen LogP contribution >= 0.6 is 0 Å². The van der Waals surface area contributed by atoms with Crippen molar-refractivity contribution >= 4 is 29.1 Å². The fourth-order valence-electron chi connectivity index (χ4n) is 4.42. The molecular formula is C24H26N6O4. The minimum absolute atomic E-state index is 0.0115. The van der Waals surface area contributed by atoms with E-state index in [2.05, 4.69) is 26.0 Å². The number of aromatic nitrogens is 3. The van der Waals surface area contributed by atoms with E-state index in [0.717, 1.165) is 18.4 Å². The van der Waals surface area contributed by atoms with E-state index in [-0.39, 0.29) is 36.4 Å². The lowest BCUT2D eigenvalue weighted by Crippen LogP contribution is -2.32. The molecule has 0 bridgehead atoms. The number of nitrogens with zero attached hydrogens (tertiary/aromatic N) is 3. The fraction of sp³-hybridized carbons (Fsp3) is 0.375. The first-order valence-electron chi connectivity index (χ1n) is 11.5. The van der Waals surface area contributed by atoms with Gasteiger partial charge in [-0.2, -0.15) is 5.10 Å². The molecule has 2 aliphatic rings. The first-order valence-corrected chi connectivity index (χ1v) is 11.5. The summed E-state index contributed by atoms with van der Waals surface area (Å²) in [5.74, 6) is 0.166. The largest absolute Gasteiger partial charge is 0.482 e. The van der Waals surface area contributed by atoms with Gasteiger partial charge < -0.3 is 20.7 Å². The van der Waals surface area contributed by atoms with Gasteiger partial charge in [0.25, 0.3) is 17.7 Å². The van der Waals surface area contributed by atoms with E-state index in [4.69, 9.17) is 4.74 Å². The zero-order valence-electron chi connectivity index (χ0n) is 18.7. The zero-order valence-corrected chi connectivity index (χ0v) is 18.7. The van der Waals surface area contributed by atoms with Crippen LogP contribution < -0.4 is 20.7 Å². The molecule has 3 heterocycles. The maximum Gasteiger partial charge on any atom is 0.270 e. The van der Waals surface area contributed by atoms with Gasteiger partial charge in [0.1, 0.15) is 17.1 Å². The molecule has 3 N–H and O–H groups in total. The molecule has 2 aromatic heterocycles. The molecule has 34 heavy (non-hydrogen) atoms. The normalized spacial score (nSPS) is 15.8. The Kier molecular flexibility index (Phi) is 6.11. The van der Waals surface area contributed by atoms with Gasteiger partial charge in [0, 0.05) is 25.2 Å². The molecule has 1 aromatic carbocycles. The third kappa shape index (κ3) is 4.70. The number of fused-ring (bicyclic) bond motifs is 2. The highest BCUT2D eigenvalue weighted by atomic mass is 16.5. The minimum atomic E-state index is -0.414. The van der Waals surface area contributed by atoms with Crippen molar-refractivity contribution in [3.8, 4) is 5.75 Å². The Labute approximate surface area is 196 Å². The molecule has 1 aliphatic heterocycles. The van der Waals surface area contributed by atoms with E-state index in [0.29, 0.717) is 29.5 Å². The Morgan fingerprint density at radius 1 is 1.09 bits per heavy atom. The maximum absolute atomic E-state index is 12.9. The van der Waals surface area contributed by atoms with Crippen molar-refractivity contribution in [3.05, 3.63) is 53.5 Å². The average Bonchev–Trinajstić information content (AvgIpc) is 3.34. The van der Waals surface area contributed by atoms with Gasteiger partial charge in [-0.15, -0.1) is 0 Å². The number of amides is 3. The number of ether oxygens (including phenoxy) is 1. The second-order valence-electron chi connectivity index (χ2n) is 8.69. The number of anilines is 1. The minimum Gasteiger partial charge on any atom is -0.482 e. The van der Waals surface area contributed by atoms with Crippen molar-refractivity contribution in [3.63, 3.8) is 0 Å². The van der Waals surface area contributed by atoms with E-state index >= 15 is 0 Å². The second-order valence-corrected chi connectivity index (χ2v) is 8.69. The first-order chi connectivity index (χ1) is 16.6. The Morgan fingerprint density at radius 3 is 2.79 bits per heavy atom. The monoisotopic (exact) mass is 462 g/mol. The van der Waals surface area contributed by atoms with Gasteiger partial charge in [0.2, 0.25) is 0 Å². The van der Waals surface area contributed by atoms with Crippen molar-refractivity contribution in [2.75, 3.05) is 18.5 Å². The Morgan fingerprint density at radius 2 is 1.94 bits per heavy atom. The highest BCUT2D eigenvalue weighted by Crippen LogP contribution is 2.28. The van der Waals surface area contributed by atoms with Crippen molar-refractivity contribution in [1.82, 2.24) is 25.2 Å². The van der Waals surface area contributed by atoms with Gasteiger partial charge in [0.15, 0.2) is 12.3 Å². The lowest BCUT2D eigenvalue weighted by atomic mass is 9.89. The number of carbonyl (C=O) groups is 3. The first kappa shape index (κ1) is 21.9. The molecule has 1 aliphatic carbocycles. The second kappa shape index (κ2) is 9.50. The highest BCUT2D eigenvalue weighted by molar-refractivity contribution is 5.98. The van der Waals surface area contributed by atoms with E-state index in [9.17, 15) is 14.4 Å². The standard InChI is InChI=1S/C24H26N6O4/c31-22-14-34-20-7-6-16(10-17(20)29-22)13-25-23(32)18-11-19(30-21(28-18)8-9-27-30)24(33)26-12-15-4-2-1-3-5-15/h6-11,15H,1-5,12-14H2,(H,25,32)(H,26,33)(H,29,31). The smallest absolute Gasteiger partial charge is 0.270 e. The molecule has 0 saturated heterocycles. The van der Waals surface area contributed by atoms with Gasteiger partial charge in [-0.1, -0.05) is 25.3 Å². The lowest BCUT2D eigenvalue weighted by molar-refractivity contribution is -0.118. The number of hydrogen-bond acceptors (Lipinski definition) is 6. The van der Waals surface area contributed by atoms with Crippen molar-refractivity contribution in [2.45, 2.75) is 38.6 Å². The molecule has 0 unspecified atom stereocenters. The SMILES string of the molecule is O=C1COc2ccc(CNC(=O)c3cc(C(=O)NCC4CCCCC4)n4nccc4n3)cc2N1. The van der Waals surface area contributed by atoms with Crippen LogP contribution in [0, 0.1) is 5.92 Å². The van der Waals surface area contributed by atoms with Crippen LogP contribution in [0.1, 0.15) is 58.6 Å². The molecule has 10 heteroatoms. The zero-order chi connectivity index (χ0) is 23.5. The predicted octanol–water partition coefficient (Wildman–Crippen LogP) is 2.30. The van der Waals surface area contributed by atoms with Gasteiger partial charge in [-0.25, -0.2) is 9.50 Å². The molecule has 0 radical (unpaired) electrons. The summed E-state index contributed by atoms with van der Waals surface area (Å²) in [6, 6.07) is 8.44. The molecule has 0 atom stereocenters. The molecular weight excluding hydrogens is 436 g/mol. The van der Waals surface area contributed by atoms with Crippen LogP contribution in [0.25, 0.3) is 5.65 Å². The van der Waals surface area contributed by atoms with Crippen LogP contribution in [0.4, 0.5) is 5.69 Å². The Bertz CT molecular complexity index is 1250. The summed E-state index contributed by atoms with van der Waals surface area (Å²) in [4.78, 5) is 41.7. The van der Waals surface area contributed by atoms with E-state index in [1.807, 2.05) is 6.07 Å². The van der Waals surface area contributed by atoms with Gasteiger partial charge in [0.05, 0.1) is 11.9 Å². The van der Waals surface area contributed by atoms with Crippen LogP contribution in [0.3, 0.4) is 0 Å².